The first-order valence-electron chi connectivity index (χ1n) is 19.1. The van der Waals surface area contributed by atoms with Gasteiger partial charge in [0, 0.05) is 38.8 Å². The van der Waals surface area contributed by atoms with Gasteiger partial charge >= 0.3 is 11.8 Å². The molecule has 0 unspecified atom stereocenters. The van der Waals surface area contributed by atoms with Gasteiger partial charge in [0.1, 0.15) is 0 Å². The van der Waals surface area contributed by atoms with Crippen LogP contribution in [0.25, 0.3) is 0 Å². The molecule has 49 heavy (non-hydrogen) atoms. The lowest BCUT2D eigenvalue weighted by atomic mass is 9.49. The molecule has 1 aliphatic heterocycles. The Hall–Kier alpha value is -3.48. The first-order chi connectivity index (χ1) is 23.9. The monoisotopic (exact) mass is 660 g/mol. The molecule has 3 aromatic rings. The minimum absolute atomic E-state index is 0.0453. The van der Waals surface area contributed by atoms with Gasteiger partial charge in [-0.25, -0.2) is 0 Å². The average Bonchev–Trinajstić information content (AvgIpc) is 3.11. The Balaban J connectivity index is 1.04. The van der Waals surface area contributed by atoms with E-state index in [1.807, 2.05) is 21.9 Å². The molecule has 5 aliphatic rings. The number of amides is 2. The number of unbranched alkanes of at least 4 members (excludes halogenated alkanes) is 1. The minimum Gasteiger partial charge on any atom is -0.328 e. The first-order valence-corrected chi connectivity index (χ1v) is 19.1. The van der Waals surface area contributed by atoms with Crippen molar-refractivity contribution in [2.45, 2.75) is 89.4 Å². The maximum atomic E-state index is 14.2. The molecule has 4 aliphatic carbocycles. The van der Waals surface area contributed by atoms with Gasteiger partial charge in [0.05, 0.1) is 6.04 Å². The van der Waals surface area contributed by atoms with Crippen LogP contribution in [0.5, 0.6) is 0 Å². The molecule has 2 amide bonds. The molecule has 0 aromatic heterocycles. The number of rotatable bonds is 16. The van der Waals surface area contributed by atoms with E-state index < -0.39 is 0 Å². The first kappa shape index (κ1) is 34.0. The second-order valence-electron chi connectivity index (χ2n) is 16.0. The van der Waals surface area contributed by atoms with E-state index in [1.54, 1.807) is 0 Å². The maximum Gasteiger partial charge on any atom is 0.312 e. The van der Waals surface area contributed by atoms with Crippen LogP contribution in [0.3, 0.4) is 0 Å². The van der Waals surface area contributed by atoms with Crippen molar-refractivity contribution < 1.29 is 9.59 Å². The van der Waals surface area contributed by atoms with Crippen LogP contribution in [0.4, 0.5) is 0 Å². The van der Waals surface area contributed by atoms with Gasteiger partial charge in [0.25, 0.3) is 0 Å². The van der Waals surface area contributed by atoms with Crippen molar-refractivity contribution in [2.24, 2.45) is 23.2 Å². The molecule has 6 nitrogen and oxygen atoms in total. The smallest absolute Gasteiger partial charge is 0.312 e. The molecule has 260 valence electrons. The summed E-state index contributed by atoms with van der Waals surface area (Å²) in [5, 5.41) is 3.65. The Kier molecular flexibility index (Phi) is 10.8. The van der Waals surface area contributed by atoms with Gasteiger partial charge in [-0.2, -0.15) is 0 Å². The fourth-order valence-corrected chi connectivity index (χ4v) is 10.3. The van der Waals surface area contributed by atoms with E-state index in [0.29, 0.717) is 25.0 Å². The predicted molar refractivity (Wildman–Crippen MR) is 196 cm³/mol. The van der Waals surface area contributed by atoms with E-state index in [-0.39, 0.29) is 23.9 Å². The molecule has 4 bridgehead atoms. The van der Waals surface area contributed by atoms with Gasteiger partial charge in [0.15, 0.2) is 0 Å². The number of carbonyl (C=O) groups is 2. The summed E-state index contributed by atoms with van der Waals surface area (Å²) in [5.41, 5.74) is 4.05. The molecule has 3 aromatic carbocycles. The van der Waals surface area contributed by atoms with Crippen molar-refractivity contribution >= 4 is 11.8 Å². The summed E-state index contributed by atoms with van der Waals surface area (Å²) in [6.07, 6.45) is 12.2. The van der Waals surface area contributed by atoms with E-state index >= 15 is 0 Å². The second kappa shape index (κ2) is 15.6. The highest BCUT2D eigenvalue weighted by atomic mass is 16.2. The molecule has 5 fully saturated rings. The Morgan fingerprint density at radius 1 is 0.776 bits per heavy atom. The zero-order chi connectivity index (χ0) is 33.6. The highest BCUT2D eigenvalue weighted by Gasteiger charge is 2.51. The molecule has 1 saturated heterocycles. The summed E-state index contributed by atoms with van der Waals surface area (Å²) in [4.78, 5) is 34.7. The SMILES string of the molecule is CN(CCCC[C@@H](CNCc1ccccc1)N1C[C@H](c2ccccc2)N(CCC23CC4CC(CC(C4)C2)C3)C(=O)C1=O)Cc1ccccc1. The fraction of sp³-hybridized carbons (Fsp3) is 0.535. The predicted octanol–water partition coefficient (Wildman–Crippen LogP) is 7.47. The van der Waals surface area contributed by atoms with Crippen molar-refractivity contribution in [1.29, 1.82) is 0 Å². The van der Waals surface area contributed by atoms with E-state index in [0.717, 1.165) is 68.6 Å². The molecular weight excluding hydrogens is 604 g/mol. The van der Waals surface area contributed by atoms with Crippen molar-refractivity contribution in [2.75, 3.05) is 33.2 Å². The van der Waals surface area contributed by atoms with Gasteiger partial charge in [-0.3, -0.25) is 9.59 Å². The summed E-state index contributed by atoms with van der Waals surface area (Å²) in [6.45, 7) is 4.58. The molecule has 1 heterocycles. The normalized spacial score (nSPS) is 26.9. The van der Waals surface area contributed by atoms with E-state index in [4.69, 9.17) is 0 Å². The zero-order valence-corrected chi connectivity index (χ0v) is 29.5. The molecular formula is C43H56N4O2. The summed E-state index contributed by atoms with van der Waals surface area (Å²) in [5.74, 6) is 2.03. The Labute approximate surface area is 294 Å². The lowest BCUT2D eigenvalue weighted by Gasteiger charge is -2.57. The fourth-order valence-electron chi connectivity index (χ4n) is 10.3. The molecule has 6 heteroatoms. The highest BCUT2D eigenvalue weighted by Crippen LogP contribution is 2.61. The third-order valence-electron chi connectivity index (χ3n) is 12.3. The second-order valence-corrected chi connectivity index (χ2v) is 16.0. The van der Waals surface area contributed by atoms with E-state index in [9.17, 15) is 9.59 Å². The van der Waals surface area contributed by atoms with Crippen LogP contribution < -0.4 is 5.32 Å². The van der Waals surface area contributed by atoms with E-state index in [2.05, 4.69) is 96.1 Å². The largest absolute Gasteiger partial charge is 0.328 e. The number of benzene rings is 3. The number of carbonyl (C=O) groups excluding carboxylic acids is 2. The van der Waals surface area contributed by atoms with Crippen LogP contribution in [0.15, 0.2) is 91.0 Å². The Morgan fingerprint density at radius 2 is 1.37 bits per heavy atom. The third kappa shape index (κ3) is 8.29. The van der Waals surface area contributed by atoms with Crippen LogP contribution in [-0.2, 0) is 22.7 Å². The molecule has 2 atom stereocenters. The topological polar surface area (TPSA) is 55.9 Å². The zero-order valence-electron chi connectivity index (χ0n) is 29.5. The lowest BCUT2D eigenvalue weighted by Crippen LogP contribution is -2.60. The molecule has 1 N–H and O–H groups in total. The standard InChI is InChI=1S/C43H56N4O2/c1-45(31-34-15-7-3-8-16-34)21-12-11-19-39(30-44-29-33-13-5-2-6-14-33)47-32-40(38-17-9-4-10-18-38)46(41(48)42(47)49)22-20-43-26-35-23-36(27-43)25-37(24-35)28-43/h2-10,13-18,35-37,39-40,44H,11-12,19-32H2,1H3/t35?,36?,37?,39-,40+,43?/m0/s1. The summed E-state index contributed by atoms with van der Waals surface area (Å²) < 4.78 is 0. The van der Waals surface area contributed by atoms with Gasteiger partial charge in [-0.05, 0) is 111 Å². The number of hydrogen-bond donors (Lipinski definition) is 1. The Morgan fingerprint density at radius 3 is 2.00 bits per heavy atom. The molecule has 0 radical (unpaired) electrons. The number of nitrogens with one attached hydrogen (secondary N) is 1. The summed E-state index contributed by atoms with van der Waals surface area (Å²) in [7, 11) is 2.18. The quantitative estimate of drug-likeness (QED) is 0.128. The molecule has 0 spiro atoms. The van der Waals surface area contributed by atoms with Gasteiger partial charge in [-0.1, -0.05) is 97.4 Å². The third-order valence-corrected chi connectivity index (χ3v) is 12.3. The lowest BCUT2D eigenvalue weighted by molar-refractivity contribution is -0.162. The van der Waals surface area contributed by atoms with Crippen LogP contribution in [0.2, 0.25) is 0 Å². The van der Waals surface area contributed by atoms with Crippen LogP contribution in [0.1, 0.15) is 86.9 Å². The molecule has 4 saturated carbocycles. The summed E-state index contributed by atoms with van der Waals surface area (Å²) >= 11 is 0. The van der Waals surface area contributed by atoms with Crippen molar-refractivity contribution in [3.63, 3.8) is 0 Å². The maximum absolute atomic E-state index is 14.2. The van der Waals surface area contributed by atoms with Crippen LogP contribution >= 0.6 is 0 Å². The highest BCUT2D eigenvalue weighted by molar-refractivity contribution is 6.35. The van der Waals surface area contributed by atoms with Crippen molar-refractivity contribution in [1.82, 2.24) is 20.0 Å². The number of nitrogens with zero attached hydrogens (tertiary/aromatic N) is 3. The van der Waals surface area contributed by atoms with Gasteiger partial charge in [0.2, 0.25) is 0 Å². The van der Waals surface area contributed by atoms with Crippen molar-refractivity contribution in [3.8, 4) is 0 Å². The van der Waals surface area contributed by atoms with Gasteiger partial charge < -0.3 is 20.0 Å². The van der Waals surface area contributed by atoms with Crippen LogP contribution in [-0.4, -0.2) is 65.8 Å². The number of hydrogen-bond acceptors (Lipinski definition) is 4. The van der Waals surface area contributed by atoms with E-state index in [1.165, 1.54) is 49.7 Å². The van der Waals surface area contributed by atoms with Gasteiger partial charge in [-0.15, -0.1) is 0 Å². The molecule has 8 rings (SSSR count). The average molecular weight is 661 g/mol. The van der Waals surface area contributed by atoms with Crippen LogP contribution in [0, 0.1) is 23.2 Å². The summed E-state index contributed by atoms with van der Waals surface area (Å²) in [6, 6.07) is 31.4. The number of piperazine rings is 1. The van der Waals surface area contributed by atoms with Crippen molar-refractivity contribution in [3.05, 3.63) is 108 Å². The minimum atomic E-state index is -0.314. The Bertz CT molecular complexity index is 1480.